The lowest BCUT2D eigenvalue weighted by Gasteiger charge is -2.06. The second kappa shape index (κ2) is 5.37. The van der Waals surface area contributed by atoms with Crippen LogP contribution in [0.4, 0.5) is 13.2 Å². The number of hydrogen-bond acceptors (Lipinski definition) is 2. The minimum absolute atomic E-state index is 0.0378. The number of hydrogen-bond donors (Lipinski definition) is 0. The summed E-state index contributed by atoms with van der Waals surface area (Å²) in [5.74, 6) is 0. The minimum atomic E-state index is -4.24. The highest BCUT2D eigenvalue weighted by Gasteiger charge is 2.27. The lowest BCUT2D eigenvalue weighted by atomic mass is 10.7. The zero-order valence-corrected chi connectivity index (χ0v) is 6.15. The fourth-order valence-corrected chi connectivity index (χ4v) is 0.413. The van der Waals surface area contributed by atoms with Crippen LogP contribution in [-0.2, 0) is 9.47 Å². The summed E-state index contributed by atoms with van der Waals surface area (Å²) in [6.07, 6.45) is -4.24. The van der Waals surface area contributed by atoms with Gasteiger partial charge in [0.15, 0.2) is 0 Å². The maximum absolute atomic E-state index is 11.4. The Hall–Kier alpha value is -0.290. The van der Waals surface area contributed by atoms with E-state index in [1.807, 2.05) is 0 Å². The first-order chi connectivity index (χ1) is 5.06. The van der Waals surface area contributed by atoms with Gasteiger partial charge < -0.3 is 9.47 Å². The Labute approximate surface area is 63.3 Å². The topological polar surface area (TPSA) is 18.5 Å². The third kappa shape index (κ3) is 9.71. The van der Waals surface area contributed by atoms with Crippen molar-refractivity contribution in [1.29, 1.82) is 0 Å². The zero-order chi connectivity index (χ0) is 8.74. The average molecular weight is 171 g/mol. The van der Waals surface area contributed by atoms with Gasteiger partial charge in [-0.15, -0.1) is 0 Å². The van der Waals surface area contributed by atoms with E-state index in [2.05, 4.69) is 9.47 Å². The molecule has 0 saturated carbocycles. The normalized spacial score (nSPS) is 12.0. The molecule has 0 spiro atoms. The molecule has 0 saturated heterocycles. The molecule has 0 bridgehead atoms. The Morgan fingerprint density at radius 2 is 1.91 bits per heavy atom. The third-order valence-corrected chi connectivity index (χ3v) is 0.778. The van der Waals surface area contributed by atoms with Crippen LogP contribution in [-0.4, -0.2) is 26.0 Å². The predicted octanol–water partition coefficient (Wildman–Crippen LogP) is 1.76. The van der Waals surface area contributed by atoms with E-state index in [0.29, 0.717) is 0 Å². The van der Waals surface area contributed by atoms with Gasteiger partial charge in [0.2, 0.25) is 0 Å². The van der Waals surface area contributed by atoms with E-state index < -0.39 is 12.8 Å². The fourth-order valence-electron chi connectivity index (χ4n) is 0.413. The molecule has 2 nitrogen and oxygen atoms in total. The van der Waals surface area contributed by atoms with Crippen molar-refractivity contribution in [1.82, 2.24) is 0 Å². The maximum atomic E-state index is 11.4. The molecule has 0 rings (SSSR count). The van der Waals surface area contributed by atoms with Crippen molar-refractivity contribution < 1.29 is 22.6 Å². The number of halogens is 3. The summed E-state index contributed by atoms with van der Waals surface area (Å²) in [5.41, 5.74) is 0. The van der Waals surface area contributed by atoms with E-state index in [-0.39, 0.29) is 13.2 Å². The van der Waals surface area contributed by atoms with Gasteiger partial charge in [-0.25, -0.2) is 0 Å². The third-order valence-electron chi connectivity index (χ3n) is 0.778. The van der Waals surface area contributed by atoms with Gasteiger partial charge in [0, 0.05) is 0 Å². The van der Waals surface area contributed by atoms with Crippen LogP contribution in [0.15, 0.2) is 0 Å². The first-order valence-corrected chi connectivity index (χ1v) is 3.10. The molecule has 5 heteroatoms. The van der Waals surface area contributed by atoms with Crippen LogP contribution in [0.3, 0.4) is 0 Å². The summed E-state index contributed by atoms with van der Waals surface area (Å²) in [6, 6.07) is 0. The quantitative estimate of drug-likeness (QED) is 0.587. The molecule has 0 heterocycles. The van der Waals surface area contributed by atoms with Gasteiger partial charge >= 0.3 is 6.18 Å². The summed E-state index contributed by atoms with van der Waals surface area (Å²) < 4.78 is 43.0. The summed E-state index contributed by atoms with van der Waals surface area (Å²) in [5, 5.41) is 0. The fraction of sp³-hybridized carbons (Fsp3) is 0.833. The smallest absolute Gasteiger partial charge is 0.373 e. The van der Waals surface area contributed by atoms with Crippen molar-refractivity contribution in [3.05, 3.63) is 6.61 Å². The van der Waals surface area contributed by atoms with Crippen molar-refractivity contribution >= 4 is 0 Å². The van der Waals surface area contributed by atoms with Crippen LogP contribution in [0, 0.1) is 6.61 Å². The van der Waals surface area contributed by atoms with Gasteiger partial charge in [-0.2, -0.15) is 13.2 Å². The SMILES string of the molecule is C[CH]OCCOCC(F)(F)F. The van der Waals surface area contributed by atoms with E-state index >= 15 is 0 Å². The zero-order valence-electron chi connectivity index (χ0n) is 6.15. The van der Waals surface area contributed by atoms with Gasteiger partial charge in [-0.05, 0) is 6.92 Å². The Kier molecular flexibility index (Phi) is 5.23. The minimum Gasteiger partial charge on any atom is -0.373 e. The largest absolute Gasteiger partial charge is 0.411 e. The maximum Gasteiger partial charge on any atom is 0.411 e. The van der Waals surface area contributed by atoms with E-state index in [0.717, 1.165) is 0 Å². The molecule has 0 aliphatic heterocycles. The molecule has 0 fully saturated rings. The monoisotopic (exact) mass is 171 g/mol. The molecular formula is C6H10F3O2. The van der Waals surface area contributed by atoms with Gasteiger partial charge in [0.05, 0.1) is 19.8 Å². The summed E-state index contributed by atoms with van der Waals surface area (Å²) in [6.45, 7) is 1.96. The Balaban J connectivity index is 3.02. The molecule has 0 aromatic carbocycles. The van der Waals surface area contributed by atoms with Crippen LogP contribution in [0.25, 0.3) is 0 Å². The standard InChI is InChI=1S/C6H10F3O2/c1-2-10-3-4-11-5-6(7,8)9/h2H,3-5H2,1H3. The van der Waals surface area contributed by atoms with Gasteiger partial charge in [0.25, 0.3) is 0 Å². The first kappa shape index (κ1) is 10.7. The average Bonchev–Trinajstić information content (AvgIpc) is 1.85. The molecule has 0 aliphatic carbocycles. The number of rotatable bonds is 5. The van der Waals surface area contributed by atoms with Crippen molar-refractivity contribution in [2.45, 2.75) is 13.1 Å². The highest BCUT2D eigenvalue weighted by molar-refractivity contribution is 4.45. The van der Waals surface area contributed by atoms with Crippen LogP contribution in [0.2, 0.25) is 0 Å². The number of alkyl halides is 3. The Morgan fingerprint density at radius 3 is 2.36 bits per heavy atom. The second-order valence-electron chi connectivity index (χ2n) is 1.77. The first-order valence-electron chi connectivity index (χ1n) is 3.10. The van der Waals surface area contributed by atoms with E-state index in [9.17, 15) is 13.2 Å². The van der Waals surface area contributed by atoms with Crippen molar-refractivity contribution in [2.75, 3.05) is 19.8 Å². The van der Waals surface area contributed by atoms with Crippen LogP contribution in [0.1, 0.15) is 6.92 Å². The second-order valence-corrected chi connectivity index (χ2v) is 1.77. The van der Waals surface area contributed by atoms with Crippen molar-refractivity contribution in [2.24, 2.45) is 0 Å². The highest BCUT2D eigenvalue weighted by atomic mass is 19.4. The van der Waals surface area contributed by atoms with Crippen LogP contribution >= 0.6 is 0 Å². The Bertz CT molecular complexity index is 92.3. The molecule has 0 aromatic heterocycles. The lowest BCUT2D eigenvalue weighted by Crippen LogP contribution is -2.18. The predicted molar refractivity (Wildman–Crippen MR) is 32.8 cm³/mol. The van der Waals surface area contributed by atoms with Crippen LogP contribution in [0.5, 0.6) is 0 Å². The van der Waals surface area contributed by atoms with Crippen molar-refractivity contribution in [3.63, 3.8) is 0 Å². The van der Waals surface area contributed by atoms with E-state index in [4.69, 9.17) is 0 Å². The molecule has 11 heavy (non-hydrogen) atoms. The van der Waals surface area contributed by atoms with Crippen molar-refractivity contribution in [3.8, 4) is 0 Å². The molecular weight excluding hydrogens is 161 g/mol. The molecule has 0 amide bonds. The molecule has 67 valence electrons. The van der Waals surface area contributed by atoms with Crippen LogP contribution < -0.4 is 0 Å². The number of ether oxygens (including phenoxy) is 2. The summed E-state index contributed by atoms with van der Waals surface area (Å²) >= 11 is 0. The summed E-state index contributed by atoms with van der Waals surface area (Å²) in [7, 11) is 0. The van der Waals surface area contributed by atoms with Gasteiger partial charge in [0.1, 0.15) is 6.61 Å². The molecule has 0 unspecified atom stereocenters. The molecule has 0 atom stereocenters. The lowest BCUT2D eigenvalue weighted by molar-refractivity contribution is -0.175. The molecule has 0 aromatic rings. The van der Waals surface area contributed by atoms with Gasteiger partial charge in [-0.3, -0.25) is 0 Å². The Morgan fingerprint density at radius 1 is 1.27 bits per heavy atom. The molecule has 1 radical (unpaired) electrons. The summed E-state index contributed by atoms with van der Waals surface area (Å²) in [4.78, 5) is 0. The molecule has 0 N–H and O–H groups in total. The van der Waals surface area contributed by atoms with E-state index in [1.54, 1.807) is 6.92 Å². The van der Waals surface area contributed by atoms with Gasteiger partial charge in [-0.1, -0.05) is 0 Å². The highest BCUT2D eigenvalue weighted by Crippen LogP contribution is 2.13. The molecule has 0 aliphatic rings. The van der Waals surface area contributed by atoms with E-state index in [1.165, 1.54) is 6.61 Å².